The second-order valence-electron chi connectivity index (χ2n) is 8.36. The van der Waals surface area contributed by atoms with Crippen LogP contribution in [0.15, 0.2) is 72.3 Å². The largest absolute Gasteiger partial charge is 0.507 e. The zero-order valence-corrected chi connectivity index (χ0v) is 18.5. The molecule has 0 bridgehead atoms. The van der Waals surface area contributed by atoms with E-state index < -0.39 is 23.5 Å². The van der Waals surface area contributed by atoms with Crippen molar-refractivity contribution >= 4 is 34.7 Å². The van der Waals surface area contributed by atoms with Gasteiger partial charge in [-0.3, -0.25) is 14.5 Å². The molecule has 33 heavy (non-hydrogen) atoms. The molecule has 1 fully saturated rings. The van der Waals surface area contributed by atoms with Crippen LogP contribution in [0.4, 0.5) is 10.1 Å². The fraction of sp³-hybridized carbons (Fsp3) is 0.185. The highest BCUT2D eigenvalue weighted by Crippen LogP contribution is 2.43. The van der Waals surface area contributed by atoms with Gasteiger partial charge in [0.05, 0.1) is 11.6 Å². The number of aliphatic hydroxyl groups is 1. The van der Waals surface area contributed by atoms with Crippen LogP contribution in [0.3, 0.4) is 0 Å². The van der Waals surface area contributed by atoms with Gasteiger partial charge < -0.3 is 5.11 Å². The van der Waals surface area contributed by atoms with Gasteiger partial charge in [-0.1, -0.05) is 41.9 Å². The summed E-state index contributed by atoms with van der Waals surface area (Å²) in [7, 11) is 0. The van der Waals surface area contributed by atoms with Gasteiger partial charge in [0.1, 0.15) is 11.6 Å². The van der Waals surface area contributed by atoms with E-state index in [1.807, 2.05) is 12.1 Å². The van der Waals surface area contributed by atoms with Crippen molar-refractivity contribution in [1.29, 1.82) is 0 Å². The van der Waals surface area contributed by atoms with E-state index in [0.29, 0.717) is 16.3 Å². The van der Waals surface area contributed by atoms with Crippen LogP contribution in [-0.2, 0) is 22.4 Å². The Kier molecular flexibility index (Phi) is 5.51. The Balaban J connectivity index is 1.71. The molecule has 6 heteroatoms. The smallest absolute Gasteiger partial charge is 0.300 e. The maximum Gasteiger partial charge on any atom is 0.300 e. The summed E-state index contributed by atoms with van der Waals surface area (Å²) in [6.45, 7) is 0. The zero-order valence-electron chi connectivity index (χ0n) is 17.7. The van der Waals surface area contributed by atoms with Crippen LogP contribution in [0.2, 0.25) is 5.02 Å². The molecule has 0 radical (unpaired) electrons. The molecule has 1 heterocycles. The Labute approximate surface area is 195 Å². The van der Waals surface area contributed by atoms with Crippen LogP contribution in [-0.4, -0.2) is 16.8 Å². The first-order chi connectivity index (χ1) is 16.0. The summed E-state index contributed by atoms with van der Waals surface area (Å²) in [6, 6.07) is 16.8. The van der Waals surface area contributed by atoms with Gasteiger partial charge in [0.2, 0.25) is 0 Å². The van der Waals surface area contributed by atoms with Crippen LogP contribution < -0.4 is 4.90 Å². The van der Waals surface area contributed by atoms with Gasteiger partial charge >= 0.3 is 0 Å². The Hall–Kier alpha value is -3.44. The number of nitrogens with zero attached hydrogens (tertiary/aromatic N) is 1. The number of Topliss-reactive ketones (excluding diaryl/α,β-unsaturated/α-hetero) is 1. The van der Waals surface area contributed by atoms with Crippen LogP contribution in [0.5, 0.6) is 0 Å². The number of carbonyl (C=O) groups excluding carboxylic acids is 2. The van der Waals surface area contributed by atoms with Crippen LogP contribution >= 0.6 is 11.6 Å². The Morgan fingerprint density at radius 3 is 2.36 bits per heavy atom. The van der Waals surface area contributed by atoms with E-state index in [4.69, 9.17) is 11.6 Å². The van der Waals surface area contributed by atoms with Gasteiger partial charge in [0, 0.05) is 21.8 Å². The molecule has 5 rings (SSSR count). The van der Waals surface area contributed by atoms with Crippen molar-refractivity contribution in [3.8, 4) is 0 Å². The first kappa shape index (κ1) is 21.4. The van der Waals surface area contributed by atoms with Gasteiger partial charge in [-0.15, -0.1) is 0 Å². The zero-order chi connectivity index (χ0) is 23.1. The normalized spacial score (nSPS) is 19.6. The van der Waals surface area contributed by atoms with Crippen molar-refractivity contribution in [2.45, 2.75) is 31.7 Å². The first-order valence-corrected chi connectivity index (χ1v) is 11.3. The summed E-state index contributed by atoms with van der Waals surface area (Å²) < 4.78 is 14.9. The van der Waals surface area contributed by atoms with E-state index in [1.54, 1.807) is 36.4 Å². The predicted octanol–water partition coefficient (Wildman–Crippen LogP) is 5.98. The molecule has 1 aliphatic carbocycles. The molecule has 1 saturated heterocycles. The highest BCUT2D eigenvalue weighted by molar-refractivity contribution is 6.51. The lowest BCUT2D eigenvalue weighted by atomic mass is 9.88. The van der Waals surface area contributed by atoms with E-state index in [2.05, 4.69) is 0 Å². The van der Waals surface area contributed by atoms with Gasteiger partial charge in [-0.2, -0.15) is 0 Å². The van der Waals surface area contributed by atoms with Crippen LogP contribution in [0, 0.1) is 5.82 Å². The summed E-state index contributed by atoms with van der Waals surface area (Å²) >= 11 is 6.00. The average Bonchev–Trinajstić information content (AvgIpc) is 3.09. The average molecular weight is 462 g/mol. The summed E-state index contributed by atoms with van der Waals surface area (Å²) in [5.41, 5.74) is 3.19. The maximum absolute atomic E-state index is 14.9. The highest BCUT2D eigenvalue weighted by atomic mass is 35.5. The molecule has 166 valence electrons. The predicted molar refractivity (Wildman–Crippen MR) is 126 cm³/mol. The lowest BCUT2D eigenvalue weighted by Gasteiger charge is -2.26. The van der Waals surface area contributed by atoms with Crippen molar-refractivity contribution in [3.05, 3.63) is 105 Å². The number of fused-ring (bicyclic) bond motifs is 1. The van der Waals surface area contributed by atoms with Crippen molar-refractivity contribution in [1.82, 2.24) is 0 Å². The van der Waals surface area contributed by atoms with Crippen molar-refractivity contribution in [2.24, 2.45) is 0 Å². The number of aryl methyl sites for hydroxylation is 2. The van der Waals surface area contributed by atoms with Crippen molar-refractivity contribution < 1.29 is 19.1 Å². The number of ketones is 1. The van der Waals surface area contributed by atoms with Gasteiger partial charge in [-0.05, 0) is 73.2 Å². The third-order valence-electron chi connectivity index (χ3n) is 6.37. The van der Waals surface area contributed by atoms with E-state index in [9.17, 15) is 19.1 Å². The molecule has 1 amide bonds. The number of rotatable bonds is 3. The number of hydrogen-bond donors (Lipinski definition) is 1. The van der Waals surface area contributed by atoms with E-state index in [1.165, 1.54) is 28.7 Å². The molecule has 0 saturated carbocycles. The van der Waals surface area contributed by atoms with E-state index in [-0.39, 0.29) is 16.9 Å². The Morgan fingerprint density at radius 1 is 0.939 bits per heavy atom. The van der Waals surface area contributed by atoms with Gasteiger partial charge in [-0.25, -0.2) is 4.39 Å². The molecule has 1 atom stereocenters. The first-order valence-electron chi connectivity index (χ1n) is 10.9. The van der Waals surface area contributed by atoms with Crippen LogP contribution in [0.1, 0.15) is 41.1 Å². The fourth-order valence-corrected chi connectivity index (χ4v) is 4.85. The standard InChI is InChI=1S/C27H21ClFNO3/c28-19-11-13-20(14-12-19)30-24(21-7-3-4-8-22(21)29)23(26(32)27(30)33)25(31)18-10-9-16-5-1-2-6-17(16)15-18/h3-4,7-15,24,31H,1-2,5-6H2/b25-23+. The minimum atomic E-state index is -1.11. The molecule has 1 unspecified atom stereocenters. The summed E-state index contributed by atoms with van der Waals surface area (Å²) in [5, 5.41) is 11.7. The van der Waals surface area contributed by atoms with Crippen molar-refractivity contribution in [2.75, 3.05) is 4.90 Å². The minimum Gasteiger partial charge on any atom is -0.507 e. The van der Waals surface area contributed by atoms with E-state index >= 15 is 0 Å². The lowest BCUT2D eigenvalue weighted by Crippen LogP contribution is -2.29. The molecular formula is C27H21ClFNO3. The monoisotopic (exact) mass is 461 g/mol. The number of amides is 1. The molecule has 4 nitrogen and oxygen atoms in total. The summed E-state index contributed by atoms with van der Waals surface area (Å²) in [5.74, 6) is -2.55. The van der Waals surface area contributed by atoms with Gasteiger partial charge in [0.15, 0.2) is 0 Å². The minimum absolute atomic E-state index is 0.129. The highest BCUT2D eigenvalue weighted by Gasteiger charge is 2.47. The summed E-state index contributed by atoms with van der Waals surface area (Å²) in [6.07, 6.45) is 4.06. The number of benzene rings is 3. The molecule has 1 aliphatic heterocycles. The Morgan fingerprint density at radius 2 is 1.64 bits per heavy atom. The summed E-state index contributed by atoms with van der Waals surface area (Å²) in [4.78, 5) is 27.6. The number of carbonyl (C=O) groups is 2. The second-order valence-corrected chi connectivity index (χ2v) is 8.79. The number of anilines is 1. The molecular weight excluding hydrogens is 441 g/mol. The van der Waals surface area contributed by atoms with E-state index in [0.717, 1.165) is 31.2 Å². The molecule has 3 aromatic rings. The number of halogens is 2. The quantitative estimate of drug-likeness (QED) is 0.296. The molecule has 0 aromatic heterocycles. The topological polar surface area (TPSA) is 57.6 Å². The van der Waals surface area contributed by atoms with Crippen LogP contribution in [0.25, 0.3) is 5.76 Å². The number of aliphatic hydroxyl groups excluding tert-OH is 1. The van der Waals surface area contributed by atoms with Crippen molar-refractivity contribution in [3.63, 3.8) is 0 Å². The Bertz CT molecular complexity index is 1300. The fourth-order valence-electron chi connectivity index (χ4n) is 4.73. The third kappa shape index (κ3) is 3.72. The maximum atomic E-state index is 14.9. The molecule has 3 aromatic carbocycles. The lowest BCUT2D eigenvalue weighted by molar-refractivity contribution is -0.132. The third-order valence-corrected chi connectivity index (χ3v) is 6.62. The molecule has 2 aliphatic rings. The van der Waals surface area contributed by atoms with Gasteiger partial charge in [0.25, 0.3) is 11.7 Å². The molecule has 0 spiro atoms. The number of hydrogen-bond acceptors (Lipinski definition) is 3. The SMILES string of the molecule is O=C1C(=O)N(c2ccc(Cl)cc2)C(c2ccccc2F)/C1=C(\O)c1ccc2c(c1)CCCC2. The molecule has 1 N–H and O–H groups in total. The second kappa shape index (κ2) is 8.49.